The summed E-state index contributed by atoms with van der Waals surface area (Å²) in [7, 11) is 0. The maximum absolute atomic E-state index is 13.8. The van der Waals surface area contributed by atoms with Crippen LogP contribution >= 0.6 is 11.6 Å². The van der Waals surface area contributed by atoms with E-state index < -0.39 is 23.8 Å². The predicted molar refractivity (Wildman–Crippen MR) is 96.7 cm³/mol. The molecule has 0 aliphatic heterocycles. The van der Waals surface area contributed by atoms with Gasteiger partial charge in [0.15, 0.2) is 6.10 Å². The molecule has 0 fully saturated rings. The number of esters is 1. The van der Waals surface area contributed by atoms with Crippen molar-refractivity contribution in [3.05, 3.63) is 71.1 Å². The maximum Gasteiger partial charge on any atom is 0.339 e. The van der Waals surface area contributed by atoms with Gasteiger partial charge in [0.25, 0.3) is 5.91 Å². The van der Waals surface area contributed by atoms with E-state index in [2.05, 4.69) is 10.3 Å². The summed E-state index contributed by atoms with van der Waals surface area (Å²) in [6.45, 7) is 1.41. The number of hydrogen-bond donors (Lipinski definition) is 1. The van der Waals surface area contributed by atoms with E-state index in [1.165, 1.54) is 19.1 Å². The van der Waals surface area contributed by atoms with Gasteiger partial charge in [-0.15, -0.1) is 0 Å². The first-order chi connectivity index (χ1) is 12.5. The van der Waals surface area contributed by atoms with Gasteiger partial charge < -0.3 is 10.1 Å². The molecule has 1 atom stereocenters. The van der Waals surface area contributed by atoms with Crippen LogP contribution in [0.2, 0.25) is 5.02 Å². The quantitative estimate of drug-likeness (QED) is 0.696. The number of ether oxygens (including phenoxy) is 1. The second-order valence-electron chi connectivity index (χ2n) is 5.54. The third-order valence-electron chi connectivity index (χ3n) is 3.71. The summed E-state index contributed by atoms with van der Waals surface area (Å²) >= 11 is 5.67. The monoisotopic (exact) mass is 372 g/mol. The maximum atomic E-state index is 13.8. The highest BCUT2D eigenvalue weighted by Gasteiger charge is 2.21. The normalized spacial score (nSPS) is 11.8. The number of fused-ring (bicyclic) bond motifs is 1. The number of halogens is 2. The molecule has 0 spiro atoms. The van der Waals surface area contributed by atoms with Crippen LogP contribution in [0.4, 0.5) is 10.1 Å². The van der Waals surface area contributed by atoms with Crippen LogP contribution < -0.4 is 5.32 Å². The largest absolute Gasteiger partial charge is 0.449 e. The van der Waals surface area contributed by atoms with Crippen molar-refractivity contribution in [2.24, 2.45) is 0 Å². The Hall–Kier alpha value is -2.99. The zero-order valence-electron chi connectivity index (χ0n) is 13.7. The van der Waals surface area contributed by atoms with Crippen LogP contribution in [0.1, 0.15) is 17.3 Å². The number of pyridine rings is 1. The Morgan fingerprint density at radius 2 is 2.00 bits per heavy atom. The lowest BCUT2D eigenvalue weighted by atomic mass is 10.1. The van der Waals surface area contributed by atoms with Gasteiger partial charge in [-0.3, -0.25) is 9.78 Å². The minimum Gasteiger partial charge on any atom is -0.449 e. The van der Waals surface area contributed by atoms with Crippen LogP contribution in [-0.4, -0.2) is 23.0 Å². The summed E-state index contributed by atoms with van der Waals surface area (Å²) in [5.74, 6) is -2.00. The number of hydrogen-bond acceptors (Lipinski definition) is 4. The van der Waals surface area contributed by atoms with Crippen molar-refractivity contribution in [1.82, 2.24) is 4.98 Å². The molecule has 132 valence electrons. The van der Waals surface area contributed by atoms with Gasteiger partial charge in [0.05, 0.1) is 16.8 Å². The number of carbonyl (C=O) groups excluding carboxylic acids is 2. The van der Waals surface area contributed by atoms with Gasteiger partial charge in [-0.2, -0.15) is 0 Å². The first kappa shape index (κ1) is 17.8. The van der Waals surface area contributed by atoms with Gasteiger partial charge in [0, 0.05) is 16.6 Å². The van der Waals surface area contributed by atoms with Crippen molar-refractivity contribution in [1.29, 1.82) is 0 Å². The minimum atomic E-state index is -1.12. The lowest BCUT2D eigenvalue weighted by Gasteiger charge is -2.14. The molecule has 1 heterocycles. The summed E-state index contributed by atoms with van der Waals surface area (Å²) in [5, 5.41) is 3.20. The van der Waals surface area contributed by atoms with E-state index in [1.807, 2.05) is 0 Å². The van der Waals surface area contributed by atoms with Crippen LogP contribution in [-0.2, 0) is 9.53 Å². The number of nitrogens with zero attached hydrogens (tertiary/aromatic N) is 1. The summed E-state index contributed by atoms with van der Waals surface area (Å²) in [5.41, 5.74) is 0.895. The smallest absolute Gasteiger partial charge is 0.339 e. The summed E-state index contributed by atoms with van der Waals surface area (Å²) in [6, 6.07) is 12.4. The predicted octanol–water partition coefficient (Wildman–Crippen LogP) is 4.21. The Morgan fingerprint density at radius 1 is 1.19 bits per heavy atom. The molecule has 0 saturated carbocycles. The van der Waals surface area contributed by atoms with E-state index in [0.717, 1.165) is 6.07 Å². The molecule has 5 nitrogen and oxygen atoms in total. The average Bonchev–Trinajstić information content (AvgIpc) is 2.63. The van der Waals surface area contributed by atoms with Gasteiger partial charge in [-0.25, -0.2) is 9.18 Å². The molecule has 3 aromatic rings. The standard InChI is InChI=1S/C19H14ClFN2O3/c1-11(18(24)23-17-8-7-12(20)10-15(17)21)26-19(25)14-4-2-6-16-13(14)5-3-9-22-16/h2-11H,1H3,(H,23,24). The minimum absolute atomic E-state index is 0.0448. The molecule has 0 aliphatic carbocycles. The Kier molecular flexibility index (Phi) is 5.14. The molecule has 3 rings (SSSR count). The van der Waals surface area contributed by atoms with Crippen molar-refractivity contribution in [2.45, 2.75) is 13.0 Å². The fourth-order valence-electron chi connectivity index (χ4n) is 2.38. The number of carbonyl (C=O) groups is 2. The van der Waals surface area contributed by atoms with Crippen molar-refractivity contribution >= 4 is 40.1 Å². The zero-order valence-corrected chi connectivity index (χ0v) is 14.5. The highest BCUT2D eigenvalue weighted by Crippen LogP contribution is 2.20. The molecule has 1 amide bonds. The lowest BCUT2D eigenvalue weighted by molar-refractivity contribution is -0.123. The fourth-order valence-corrected chi connectivity index (χ4v) is 2.54. The molecule has 2 aromatic carbocycles. The van der Waals surface area contributed by atoms with Crippen LogP contribution in [0.15, 0.2) is 54.7 Å². The first-order valence-corrected chi connectivity index (χ1v) is 8.14. The molecular weight excluding hydrogens is 359 g/mol. The van der Waals surface area contributed by atoms with Crippen molar-refractivity contribution < 1.29 is 18.7 Å². The zero-order chi connectivity index (χ0) is 18.7. The summed E-state index contributed by atoms with van der Waals surface area (Å²) in [6.07, 6.45) is 0.498. The third kappa shape index (κ3) is 3.81. The molecule has 0 aliphatic rings. The highest BCUT2D eigenvalue weighted by atomic mass is 35.5. The van der Waals surface area contributed by atoms with Crippen LogP contribution in [0.25, 0.3) is 10.9 Å². The Labute approximate surface area is 153 Å². The summed E-state index contributed by atoms with van der Waals surface area (Å²) < 4.78 is 19.0. The third-order valence-corrected chi connectivity index (χ3v) is 3.94. The van der Waals surface area contributed by atoms with Gasteiger partial charge in [0.1, 0.15) is 5.82 Å². The van der Waals surface area contributed by atoms with Crippen LogP contribution in [0, 0.1) is 5.82 Å². The molecule has 0 bridgehead atoms. The number of amides is 1. The van der Waals surface area contributed by atoms with E-state index >= 15 is 0 Å². The van der Waals surface area contributed by atoms with E-state index in [4.69, 9.17) is 16.3 Å². The van der Waals surface area contributed by atoms with Gasteiger partial charge in [-0.1, -0.05) is 23.7 Å². The second-order valence-corrected chi connectivity index (χ2v) is 5.97. The van der Waals surface area contributed by atoms with Gasteiger partial charge in [-0.05, 0) is 43.3 Å². The molecule has 1 aromatic heterocycles. The number of nitrogens with one attached hydrogen (secondary N) is 1. The molecule has 1 unspecified atom stereocenters. The number of aromatic nitrogens is 1. The molecule has 0 radical (unpaired) electrons. The van der Waals surface area contributed by atoms with Crippen molar-refractivity contribution in [2.75, 3.05) is 5.32 Å². The van der Waals surface area contributed by atoms with Gasteiger partial charge >= 0.3 is 5.97 Å². The average molecular weight is 373 g/mol. The Balaban J connectivity index is 1.73. The number of anilines is 1. The SMILES string of the molecule is CC(OC(=O)c1cccc2ncccc12)C(=O)Nc1ccc(Cl)cc1F. The topological polar surface area (TPSA) is 68.3 Å². The van der Waals surface area contributed by atoms with Crippen LogP contribution in [0.3, 0.4) is 0 Å². The molecule has 0 saturated heterocycles. The van der Waals surface area contributed by atoms with E-state index in [0.29, 0.717) is 16.5 Å². The van der Waals surface area contributed by atoms with Crippen molar-refractivity contribution in [3.63, 3.8) is 0 Å². The fraction of sp³-hybridized carbons (Fsp3) is 0.105. The van der Waals surface area contributed by atoms with Crippen LogP contribution in [0.5, 0.6) is 0 Å². The lowest BCUT2D eigenvalue weighted by Crippen LogP contribution is -2.30. The van der Waals surface area contributed by atoms with E-state index in [1.54, 1.807) is 36.5 Å². The molecular formula is C19H14ClFN2O3. The Bertz CT molecular complexity index is 988. The molecule has 7 heteroatoms. The summed E-state index contributed by atoms with van der Waals surface area (Å²) in [4.78, 5) is 28.8. The molecule has 1 N–H and O–H groups in total. The number of benzene rings is 2. The van der Waals surface area contributed by atoms with E-state index in [-0.39, 0.29) is 10.7 Å². The number of rotatable bonds is 4. The van der Waals surface area contributed by atoms with E-state index in [9.17, 15) is 14.0 Å². The van der Waals surface area contributed by atoms with Gasteiger partial charge in [0.2, 0.25) is 0 Å². The second kappa shape index (κ2) is 7.49. The van der Waals surface area contributed by atoms with Crippen molar-refractivity contribution in [3.8, 4) is 0 Å². The molecule has 26 heavy (non-hydrogen) atoms. The first-order valence-electron chi connectivity index (χ1n) is 7.76. The Morgan fingerprint density at radius 3 is 2.77 bits per heavy atom. The highest BCUT2D eigenvalue weighted by molar-refractivity contribution is 6.30.